The standard InChI is InChI=1S/C13H15NO2/c1-3-12-11(8-15)14-13(16-12)10-6-4-9(2)5-7-10/h3-7,11-12,15H,1,8H2,2H3/t11-,12-/m0/s1. The van der Waals surface area contributed by atoms with Crippen molar-refractivity contribution in [1.82, 2.24) is 0 Å². The van der Waals surface area contributed by atoms with Crippen molar-refractivity contribution in [2.24, 2.45) is 4.99 Å². The molecular weight excluding hydrogens is 202 g/mol. The number of aliphatic hydroxyl groups is 1. The third kappa shape index (κ3) is 1.99. The second-order valence-corrected chi connectivity index (χ2v) is 3.87. The normalized spacial score (nSPS) is 23.8. The molecule has 0 saturated carbocycles. The zero-order valence-electron chi connectivity index (χ0n) is 9.26. The summed E-state index contributed by atoms with van der Waals surface area (Å²) in [6.45, 7) is 5.68. The first-order chi connectivity index (χ1) is 7.74. The van der Waals surface area contributed by atoms with Crippen molar-refractivity contribution in [1.29, 1.82) is 0 Å². The van der Waals surface area contributed by atoms with Crippen LogP contribution >= 0.6 is 0 Å². The molecule has 1 aromatic rings. The van der Waals surface area contributed by atoms with Crippen LogP contribution in [0, 0.1) is 6.92 Å². The Hall–Kier alpha value is -1.61. The summed E-state index contributed by atoms with van der Waals surface area (Å²) < 4.78 is 5.61. The Morgan fingerprint density at radius 3 is 2.62 bits per heavy atom. The Bertz CT molecular complexity index is 408. The van der Waals surface area contributed by atoms with E-state index in [1.165, 1.54) is 5.56 Å². The predicted molar refractivity (Wildman–Crippen MR) is 63.7 cm³/mol. The molecule has 0 bridgehead atoms. The van der Waals surface area contributed by atoms with Crippen molar-refractivity contribution in [3.05, 3.63) is 48.0 Å². The van der Waals surface area contributed by atoms with Crippen LogP contribution in [0.15, 0.2) is 41.9 Å². The lowest BCUT2D eigenvalue weighted by Crippen LogP contribution is -2.23. The maximum Gasteiger partial charge on any atom is 0.217 e. The molecule has 0 spiro atoms. The van der Waals surface area contributed by atoms with Crippen LogP contribution in [-0.2, 0) is 4.74 Å². The molecule has 2 atom stereocenters. The molecule has 0 radical (unpaired) electrons. The van der Waals surface area contributed by atoms with Crippen molar-refractivity contribution >= 4 is 5.90 Å². The average molecular weight is 217 g/mol. The number of aliphatic hydroxyl groups excluding tert-OH is 1. The first kappa shape index (κ1) is 10.9. The summed E-state index contributed by atoms with van der Waals surface area (Å²) in [6.07, 6.45) is 1.45. The Balaban J connectivity index is 2.23. The van der Waals surface area contributed by atoms with E-state index in [1.54, 1.807) is 6.08 Å². The average Bonchev–Trinajstić information content (AvgIpc) is 2.73. The minimum atomic E-state index is -0.228. The van der Waals surface area contributed by atoms with Crippen LogP contribution in [0.3, 0.4) is 0 Å². The topological polar surface area (TPSA) is 41.8 Å². The zero-order chi connectivity index (χ0) is 11.5. The number of benzene rings is 1. The predicted octanol–water partition coefficient (Wildman–Crippen LogP) is 1.69. The molecule has 1 heterocycles. The van der Waals surface area contributed by atoms with Gasteiger partial charge in [-0.3, -0.25) is 0 Å². The Labute approximate surface area is 95.1 Å². The monoisotopic (exact) mass is 217 g/mol. The van der Waals surface area contributed by atoms with Gasteiger partial charge in [0.25, 0.3) is 0 Å². The molecule has 2 rings (SSSR count). The Morgan fingerprint density at radius 1 is 1.44 bits per heavy atom. The van der Waals surface area contributed by atoms with Gasteiger partial charge in [-0.25, -0.2) is 4.99 Å². The summed E-state index contributed by atoms with van der Waals surface area (Å²) in [5, 5.41) is 9.14. The molecule has 1 aliphatic rings. The molecule has 1 aliphatic heterocycles. The van der Waals surface area contributed by atoms with Crippen LogP contribution < -0.4 is 0 Å². The van der Waals surface area contributed by atoms with Gasteiger partial charge in [0, 0.05) is 5.56 Å². The van der Waals surface area contributed by atoms with Crippen molar-refractivity contribution in [3.8, 4) is 0 Å². The molecule has 0 aliphatic carbocycles. The summed E-state index contributed by atoms with van der Waals surface area (Å²) in [7, 11) is 0. The van der Waals surface area contributed by atoms with Gasteiger partial charge >= 0.3 is 0 Å². The van der Waals surface area contributed by atoms with Gasteiger partial charge in [0.15, 0.2) is 0 Å². The van der Waals surface area contributed by atoms with Crippen molar-refractivity contribution in [3.63, 3.8) is 0 Å². The summed E-state index contributed by atoms with van der Waals surface area (Å²) in [5.41, 5.74) is 2.13. The SMILES string of the molecule is C=C[C@@H]1OC(c2ccc(C)cc2)=N[C@H]1CO. The number of nitrogens with zero attached hydrogens (tertiary/aromatic N) is 1. The number of ether oxygens (including phenoxy) is 1. The smallest absolute Gasteiger partial charge is 0.217 e. The van der Waals surface area contributed by atoms with E-state index in [4.69, 9.17) is 9.84 Å². The summed E-state index contributed by atoms with van der Waals surface area (Å²) in [6, 6.07) is 7.73. The highest BCUT2D eigenvalue weighted by atomic mass is 16.5. The largest absolute Gasteiger partial charge is 0.468 e. The van der Waals surface area contributed by atoms with Gasteiger partial charge < -0.3 is 9.84 Å². The van der Waals surface area contributed by atoms with E-state index in [1.807, 2.05) is 31.2 Å². The molecule has 1 N–H and O–H groups in total. The fraction of sp³-hybridized carbons (Fsp3) is 0.308. The minimum Gasteiger partial charge on any atom is -0.468 e. The number of hydrogen-bond acceptors (Lipinski definition) is 3. The highest BCUT2D eigenvalue weighted by molar-refractivity contribution is 5.95. The third-order valence-electron chi connectivity index (χ3n) is 2.63. The molecule has 0 amide bonds. The fourth-order valence-electron chi connectivity index (χ4n) is 1.65. The number of hydrogen-bond donors (Lipinski definition) is 1. The van der Waals surface area contributed by atoms with Crippen molar-refractivity contribution in [2.75, 3.05) is 6.61 Å². The molecule has 1 aromatic carbocycles. The maximum atomic E-state index is 9.14. The highest BCUT2D eigenvalue weighted by Gasteiger charge is 2.28. The van der Waals surface area contributed by atoms with E-state index in [0.29, 0.717) is 5.90 Å². The number of aliphatic imine (C=N–C) groups is 1. The molecular formula is C13H15NO2. The first-order valence-electron chi connectivity index (χ1n) is 5.29. The Morgan fingerprint density at radius 2 is 2.12 bits per heavy atom. The van der Waals surface area contributed by atoms with Gasteiger partial charge in [-0.1, -0.05) is 24.3 Å². The van der Waals surface area contributed by atoms with Gasteiger partial charge in [-0.15, -0.1) is 0 Å². The van der Waals surface area contributed by atoms with Crippen LogP contribution in [0.1, 0.15) is 11.1 Å². The van der Waals surface area contributed by atoms with Crippen LogP contribution in [0.5, 0.6) is 0 Å². The summed E-state index contributed by atoms with van der Waals surface area (Å²) in [4.78, 5) is 4.33. The zero-order valence-corrected chi connectivity index (χ0v) is 9.26. The Kier molecular flexibility index (Phi) is 3.06. The van der Waals surface area contributed by atoms with Crippen molar-refractivity contribution in [2.45, 2.75) is 19.1 Å². The lowest BCUT2D eigenvalue weighted by atomic mass is 10.1. The first-order valence-corrected chi connectivity index (χ1v) is 5.29. The van der Waals surface area contributed by atoms with Crippen LogP contribution in [0.4, 0.5) is 0 Å². The molecule has 84 valence electrons. The quantitative estimate of drug-likeness (QED) is 0.783. The van der Waals surface area contributed by atoms with Gasteiger partial charge in [0.05, 0.1) is 6.61 Å². The molecule has 16 heavy (non-hydrogen) atoms. The number of rotatable bonds is 3. The lowest BCUT2D eigenvalue weighted by Gasteiger charge is -2.10. The third-order valence-corrected chi connectivity index (χ3v) is 2.63. The van der Waals surface area contributed by atoms with E-state index < -0.39 is 0 Å². The van der Waals surface area contributed by atoms with E-state index in [2.05, 4.69) is 11.6 Å². The van der Waals surface area contributed by atoms with Gasteiger partial charge in [0.2, 0.25) is 5.90 Å². The van der Waals surface area contributed by atoms with E-state index in [-0.39, 0.29) is 18.8 Å². The molecule has 0 saturated heterocycles. The molecule has 3 heteroatoms. The van der Waals surface area contributed by atoms with E-state index in [9.17, 15) is 0 Å². The van der Waals surface area contributed by atoms with Gasteiger partial charge in [0.1, 0.15) is 12.1 Å². The van der Waals surface area contributed by atoms with Crippen molar-refractivity contribution < 1.29 is 9.84 Å². The molecule has 0 fully saturated rings. The molecule has 0 aromatic heterocycles. The fourth-order valence-corrected chi connectivity index (χ4v) is 1.65. The highest BCUT2D eigenvalue weighted by Crippen LogP contribution is 2.19. The molecule has 3 nitrogen and oxygen atoms in total. The number of aryl methyl sites for hydroxylation is 1. The van der Waals surface area contributed by atoms with Gasteiger partial charge in [-0.2, -0.15) is 0 Å². The van der Waals surface area contributed by atoms with E-state index >= 15 is 0 Å². The lowest BCUT2D eigenvalue weighted by molar-refractivity contribution is 0.184. The maximum absolute atomic E-state index is 9.14. The van der Waals surface area contributed by atoms with Crippen LogP contribution in [0.25, 0.3) is 0 Å². The summed E-state index contributed by atoms with van der Waals surface area (Å²) >= 11 is 0. The van der Waals surface area contributed by atoms with E-state index in [0.717, 1.165) is 5.56 Å². The summed E-state index contributed by atoms with van der Waals surface area (Å²) in [5.74, 6) is 0.587. The van der Waals surface area contributed by atoms with Crippen LogP contribution in [-0.4, -0.2) is 29.8 Å². The molecule has 0 unspecified atom stereocenters. The van der Waals surface area contributed by atoms with Gasteiger partial charge in [-0.05, 0) is 25.1 Å². The second kappa shape index (κ2) is 4.49. The second-order valence-electron chi connectivity index (χ2n) is 3.87. The van der Waals surface area contributed by atoms with Crippen LogP contribution in [0.2, 0.25) is 0 Å². The minimum absolute atomic E-state index is 0.0218.